The fourth-order valence-electron chi connectivity index (χ4n) is 1.77. The highest BCUT2D eigenvalue weighted by Crippen LogP contribution is 2.10. The second-order valence-corrected chi connectivity index (χ2v) is 4.02. The molecule has 17 heavy (non-hydrogen) atoms. The third kappa shape index (κ3) is 3.31. The zero-order valence-corrected chi connectivity index (χ0v) is 9.59. The van der Waals surface area contributed by atoms with Crippen LogP contribution in [0.25, 0.3) is 0 Å². The van der Waals surface area contributed by atoms with Crippen molar-refractivity contribution < 1.29 is 14.3 Å². The van der Waals surface area contributed by atoms with Crippen LogP contribution in [0.5, 0.6) is 5.75 Å². The summed E-state index contributed by atoms with van der Waals surface area (Å²) in [6.45, 7) is 1.18. The third-order valence-corrected chi connectivity index (χ3v) is 2.71. The molecule has 1 fully saturated rings. The van der Waals surface area contributed by atoms with Gasteiger partial charge in [0.15, 0.2) is 5.78 Å². The van der Waals surface area contributed by atoms with Gasteiger partial charge in [-0.2, -0.15) is 0 Å². The minimum absolute atomic E-state index is 0.00761. The van der Waals surface area contributed by atoms with Gasteiger partial charge >= 0.3 is 0 Å². The smallest absolute Gasteiger partial charge is 0.226 e. The summed E-state index contributed by atoms with van der Waals surface area (Å²) in [5.41, 5.74) is 0. The van der Waals surface area contributed by atoms with Crippen LogP contribution in [-0.4, -0.2) is 36.3 Å². The van der Waals surface area contributed by atoms with Crippen LogP contribution in [0.1, 0.15) is 12.8 Å². The number of benzene rings is 1. The van der Waals surface area contributed by atoms with Crippen molar-refractivity contribution in [1.29, 1.82) is 0 Å². The molecular formula is C13H15NO3. The maximum Gasteiger partial charge on any atom is 0.226 e. The van der Waals surface area contributed by atoms with Gasteiger partial charge in [0.05, 0.1) is 19.6 Å². The van der Waals surface area contributed by atoms with Crippen molar-refractivity contribution in [2.75, 3.05) is 19.7 Å². The van der Waals surface area contributed by atoms with Crippen molar-refractivity contribution in [1.82, 2.24) is 4.90 Å². The highest BCUT2D eigenvalue weighted by Gasteiger charge is 2.23. The van der Waals surface area contributed by atoms with Crippen molar-refractivity contribution in [3.63, 3.8) is 0 Å². The van der Waals surface area contributed by atoms with Gasteiger partial charge in [-0.05, 0) is 12.1 Å². The first-order valence-corrected chi connectivity index (χ1v) is 5.73. The van der Waals surface area contributed by atoms with Crippen LogP contribution in [0, 0.1) is 0 Å². The summed E-state index contributed by atoms with van der Waals surface area (Å²) in [5, 5.41) is 0. The number of nitrogens with zero attached hydrogens (tertiary/aromatic N) is 1. The molecule has 0 aliphatic carbocycles. The molecular weight excluding hydrogens is 218 g/mol. The van der Waals surface area contributed by atoms with Gasteiger partial charge in [-0.3, -0.25) is 9.59 Å². The molecule has 90 valence electrons. The normalized spacial score (nSPS) is 15.1. The molecule has 2 rings (SSSR count). The average Bonchev–Trinajstić information content (AvgIpc) is 2.77. The Labute approximate surface area is 100 Å². The summed E-state index contributed by atoms with van der Waals surface area (Å²) in [7, 11) is 0. The molecule has 0 N–H and O–H groups in total. The zero-order valence-electron chi connectivity index (χ0n) is 9.59. The predicted molar refractivity (Wildman–Crippen MR) is 62.8 cm³/mol. The first-order chi connectivity index (χ1) is 8.25. The Morgan fingerprint density at radius 1 is 1.29 bits per heavy atom. The Kier molecular flexibility index (Phi) is 3.75. The number of ketones is 1. The van der Waals surface area contributed by atoms with E-state index in [9.17, 15) is 9.59 Å². The summed E-state index contributed by atoms with van der Waals surface area (Å²) in [4.78, 5) is 24.3. The standard InChI is InChI=1S/C13H15NO3/c15-11-6-8-14(10-11)13(16)7-9-17-12-4-2-1-3-5-12/h1-5H,6-10H2. The zero-order chi connectivity index (χ0) is 12.1. The second-order valence-electron chi connectivity index (χ2n) is 4.02. The molecule has 0 saturated carbocycles. The molecule has 1 aromatic carbocycles. The van der Waals surface area contributed by atoms with Crippen LogP contribution >= 0.6 is 0 Å². The van der Waals surface area contributed by atoms with Gasteiger partial charge in [0, 0.05) is 13.0 Å². The lowest BCUT2D eigenvalue weighted by molar-refractivity contribution is -0.132. The predicted octanol–water partition coefficient (Wildman–Crippen LogP) is 1.26. The summed E-state index contributed by atoms with van der Waals surface area (Å²) < 4.78 is 5.43. The van der Waals surface area contributed by atoms with Crippen LogP contribution in [0.3, 0.4) is 0 Å². The fourth-order valence-corrected chi connectivity index (χ4v) is 1.77. The van der Waals surface area contributed by atoms with E-state index in [1.54, 1.807) is 4.90 Å². The molecule has 1 heterocycles. The summed E-state index contributed by atoms with van der Waals surface area (Å²) in [5.74, 6) is 0.895. The topological polar surface area (TPSA) is 46.6 Å². The lowest BCUT2D eigenvalue weighted by Crippen LogP contribution is -2.29. The van der Waals surface area contributed by atoms with E-state index in [1.165, 1.54) is 0 Å². The molecule has 4 nitrogen and oxygen atoms in total. The minimum atomic E-state index is -0.00761. The molecule has 1 saturated heterocycles. The van der Waals surface area contributed by atoms with E-state index in [0.717, 1.165) is 5.75 Å². The van der Waals surface area contributed by atoms with E-state index in [-0.39, 0.29) is 18.2 Å². The minimum Gasteiger partial charge on any atom is -0.493 e. The highest BCUT2D eigenvalue weighted by atomic mass is 16.5. The maximum atomic E-state index is 11.7. The van der Waals surface area contributed by atoms with E-state index >= 15 is 0 Å². The number of para-hydroxylation sites is 1. The molecule has 0 bridgehead atoms. The van der Waals surface area contributed by atoms with Gasteiger partial charge in [-0.1, -0.05) is 18.2 Å². The lowest BCUT2D eigenvalue weighted by atomic mass is 10.3. The SMILES string of the molecule is O=C1CCN(C(=O)CCOc2ccccc2)C1. The molecule has 1 aromatic rings. The quantitative estimate of drug-likeness (QED) is 0.786. The van der Waals surface area contributed by atoms with E-state index < -0.39 is 0 Å². The van der Waals surface area contributed by atoms with E-state index in [0.29, 0.717) is 26.0 Å². The lowest BCUT2D eigenvalue weighted by Gasteiger charge is -2.14. The molecule has 1 amide bonds. The molecule has 0 unspecified atom stereocenters. The molecule has 4 heteroatoms. The van der Waals surface area contributed by atoms with Crippen molar-refractivity contribution in [2.45, 2.75) is 12.8 Å². The second kappa shape index (κ2) is 5.48. The monoisotopic (exact) mass is 233 g/mol. The van der Waals surface area contributed by atoms with Crippen LogP contribution in [0.2, 0.25) is 0 Å². The Balaban J connectivity index is 1.72. The molecule has 0 spiro atoms. The number of amides is 1. The molecule has 1 aliphatic rings. The van der Waals surface area contributed by atoms with Gasteiger partial charge in [0.1, 0.15) is 5.75 Å². The summed E-state index contributed by atoms with van der Waals surface area (Å²) >= 11 is 0. The van der Waals surface area contributed by atoms with E-state index in [1.807, 2.05) is 30.3 Å². The van der Waals surface area contributed by atoms with Gasteiger partial charge < -0.3 is 9.64 Å². The number of carbonyl (C=O) groups excluding carboxylic acids is 2. The van der Waals surface area contributed by atoms with Gasteiger partial charge in [0.2, 0.25) is 5.91 Å². The number of hydrogen-bond donors (Lipinski definition) is 0. The van der Waals surface area contributed by atoms with Crippen molar-refractivity contribution >= 4 is 11.7 Å². The number of hydrogen-bond acceptors (Lipinski definition) is 3. The van der Waals surface area contributed by atoms with E-state index in [4.69, 9.17) is 4.74 Å². The van der Waals surface area contributed by atoms with Gasteiger partial charge in [-0.15, -0.1) is 0 Å². The molecule has 0 aromatic heterocycles. The van der Waals surface area contributed by atoms with Gasteiger partial charge in [0.25, 0.3) is 0 Å². The number of carbonyl (C=O) groups is 2. The average molecular weight is 233 g/mol. The van der Waals surface area contributed by atoms with E-state index in [2.05, 4.69) is 0 Å². The maximum absolute atomic E-state index is 11.7. The molecule has 0 atom stereocenters. The first kappa shape index (κ1) is 11.6. The Hall–Kier alpha value is -1.84. The Morgan fingerprint density at radius 2 is 2.06 bits per heavy atom. The molecule has 1 aliphatic heterocycles. The third-order valence-electron chi connectivity index (χ3n) is 2.71. The van der Waals surface area contributed by atoms with Crippen LogP contribution in [0.4, 0.5) is 0 Å². The highest BCUT2D eigenvalue weighted by molar-refractivity contribution is 5.89. The summed E-state index contributed by atoms with van der Waals surface area (Å²) in [6, 6.07) is 9.38. The fraction of sp³-hybridized carbons (Fsp3) is 0.385. The Bertz CT molecular complexity index is 402. The number of likely N-dealkylation sites (tertiary alicyclic amines) is 1. The number of rotatable bonds is 4. The van der Waals surface area contributed by atoms with Crippen molar-refractivity contribution in [2.24, 2.45) is 0 Å². The first-order valence-electron chi connectivity index (χ1n) is 5.73. The summed E-state index contributed by atoms with van der Waals surface area (Å²) in [6.07, 6.45) is 0.813. The van der Waals surface area contributed by atoms with Crippen LogP contribution in [0.15, 0.2) is 30.3 Å². The molecule has 0 radical (unpaired) electrons. The Morgan fingerprint density at radius 3 is 2.71 bits per heavy atom. The number of ether oxygens (including phenoxy) is 1. The van der Waals surface area contributed by atoms with Gasteiger partial charge in [-0.25, -0.2) is 0 Å². The largest absolute Gasteiger partial charge is 0.493 e. The van der Waals surface area contributed by atoms with Crippen molar-refractivity contribution in [3.05, 3.63) is 30.3 Å². The van der Waals surface area contributed by atoms with Crippen LogP contribution < -0.4 is 4.74 Å². The van der Waals surface area contributed by atoms with Crippen molar-refractivity contribution in [3.8, 4) is 5.75 Å². The van der Waals surface area contributed by atoms with Crippen LogP contribution in [-0.2, 0) is 9.59 Å². The number of Topliss-reactive ketones (excluding diaryl/α,β-unsaturated/α-hetero) is 1.